The molecule has 1 heterocycles. The molecule has 3 aromatic rings. The Hall–Kier alpha value is -4.44. The Labute approximate surface area is 227 Å². The second kappa shape index (κ2) is 11.7. The first kappa shape index (κ1) is 26.6. The maximum Gasteiger partial charge on any atom is 0.338 e. The number of esters is 1. The molecule has 1 saturated heterocycles. The molecule has 0 spiro atoms. The van der Waals surface area contributed by atoms with Gasteiger partial charge in [0.25, 0.3) is 11.8 Å². The van der Waals surface area contributed by atoms with E-state index in [0.29, 0.717) is 23.7 Å². The standard InChI is InChI=1S/C28H23BrN2O7/c1-3-37-27(34)18-9-11-20(12-10-18)31-26(33)21(25(32)30-28(31)35)14-17-8-13-23(24(15-17)36-2)38-16-19-6-4-5-7-22(19)29/h4-15H,3,16H2,1-2H3,(H,30,32,35)/b21-14+. The van der Waals surface area contributed by atoms with Gasteiger partial charge in [0.2, 0.25) is 0 Å². The van der Waals surface area contributed by atoms with E-state index < -0.39 is 23.8 Å². The smallest absolute Gasteiger partial charge is 0.338 e. The van der Waals surface area contributed by atoms with Crippen LogP contribution in [0.25, 0.3) is 6.08 Å². The summed E-state index contributed by atoms with van der Waals surface area (Å²) in [6.45, 7) is 2.20. The van der Waals surface area contributed by atoms with Gasteiger partial charge in [0.1, 0.15) is 12.2 Å². The van der Waals surface area contributed by atoms with Crippen molar-refractivity contribution in [2.45, 2.75) is 13.5 Å². The molecule has 0 saturated carbocycles. The molecule has 3 aromatic carbocycles. The van der Waals surface area contributed by atoms with Crippen LogP contribution >= 0.6 is 15.9 Å². The molecule has 1 fully saturated rings. The molecule has 4 amide bonds. The summed E-state index contributed by atoms with van der Waals surface area (Å²) in [4.78, 5) is 51.0. The van der Waals surface area contributed by atoms with E-state index in [0.717, 1.165) is 14.9 Å². The lowest BCUT2D eigenvalue weighted by atomic mass is 10.1. The summed E-state index contributed by atoms with van der Waals surface area (Å²) in [5.74, 6) is -1.29. The van der Waals surface area contributed by atoms with Gasteiger partial charge in [0.15, 0.2) is 11.5 Å². The van der Waals surface area contributed by atoms with Crippen LogP contribution in [-0.2, 0) is 20.9 Å². The number of hydrogen-bond donors (Lipinski definition) is 1. The van der Waals surface area contributed by atoms with Crippen LogP contribution in [0, 0.1) is 0 Å². The number of methoxy groups -OCH3 is 1. The molecule has 0 radical (unpaired) electrons. The first-order chi connectivity index (χ1) is 18.3. The van der Waals surface area contributed by atoms with Gasteiger partial charge in [-0.1, -0.05) is 40.2 Å². The second-order valence-corrected chi connectivity index (χ2v) is 8.87. The molecule has 1 N–H and O–H groups in total. The Morgan fingerprint density at radius 3 is 2.42 bits per heavy atom. The number of rotatable bonds is 8. The van der Waals surface area contributed by atoms with E-state index in [2.05, 4.69) is 21.2 Å². The number of nitrogens with one attached hydrogen (secondary N) is 1. The zero-order valence-corrected chi connectivity index (χ0v) is 22.1. The highest BCUT2D eigenvalue weighted by Gasteiger charge is 2.37. The van der Waals surface area contributed by atoms with E-state index >= 15 is 0 Å². The third kappa shape index (κ3) is 5.76. The van der Waals surface area contributed by atoms with Crippen molar-refractivity contribution in [1.29, 1.82) is 0 Å². The van der Waals surface area contributed by atoms with Crippen LogP contribution in [0.3, 0.4) is 0 Å². The van der Waals surface area contributed by atoms with Crippen molar-refractivity contribution in [3.8, 4) is 11.5 Å². The summed E-state index contributed by atoms with van der Waals surface area (Å²) >= 11 is 3.49. The minimum atomic E-state index is -0.894. The van der Waals surface area contributed by atoms with Crippen LogP contribution in [0.15, 0.2) is 76.8 Å². The summed E-state index contributed by atoms with van der Waals surface area (Å²) in [6, 6.07) is 17.5. The van der Waals surface area contributed by atoms with Gasteiger partial charge in [-0.25, -0.2) is 14.5 Å². The number of halogens is 1. The maximum absolute atomic E-state index is 13.2. The SMILES string of the molecule is CCOC(=O)c1ccc(N2C(=O)NC(=O)/C(=C\c3ccc(OCc4ccccc4Br)c(OC)c3)C2=O)cc1. The third-order valence-electron chi connectivity index (χ3n) is 5.58. The van der Waals surface area contributed by atoms with Crippen molar-refractivity contribution in [3.63, 3.8) is 0 Å². The Bertz CT molecular complexity index is 1430. The zero-order valence-electron chi connectivity index (χ0n) is 20.5. The van der Waals surface area contributed by atoms with Gasteiger partial charge in [-0.3, -0.25) is 14.9 Å². The van der Waals surface area contributed by atoms with Gasteiger partial charge < -0.3 is 14.2 Å². The fourth-order valence-electron chi connectivity index (χ4n) is 3.68. The number of nitrogens with zero attached hydrogens (tertiary/aromatic N) is 1. The van der Waals surface area contributed by atoms with Crippen molar-refractivity contribution in [3.05, 3.63) is 93.5 Å². The Morgan fingerprint density at radius 1 is 1.00 bits per heavy atom. The molecule has 0 bridgehead atoms. The zero-order chi connectivity index (χ0) is 27.2. The highest BCUT2D eigenvalue weighted by atomic mass is 79.9. The molecule has 4 rings (SSSR count). The molecule has 38 heavy (non-hydrogen) atoms. The van der Waals surface area contributed by atoms with E-state index in [1.807, 2.05) is 24.3 Å². The molecule has 0 atom stereocenters. The van der Waals surface area contributed by atoms with Crippen LogP contribution in [-0.4, -0.2) is 37.5 Å². The second-order valence-electron chi connectivity index (χ2n) is 8.02. The fraction of sp³-hybridized carbons (Fsp3) is 0.143. The molecule has 0 unspecified atom stereocenters. The average Bonchev–Trinajstić information content (AvgIpc) is 2.91. The van der Waals surface area contributed by atoms with Crippen LogP contribution in [0.1, 0.15) is 28.4 Å². The van der Waals surface area contributed by atoms with E-state index in [9.17, 15) is 19.2 Å². The molecule has 194 valence electrons. The van der Waals surface area contributed by atoms with Crippen LogP contribution in [0.4, 0.5) is 10.5 Å². The van der Waals surface area contributed by atoms with E-state index in [4.69, 9.17) is 14.2 Å². The summed E-state index contributed by atoms with van der Waals surface area (Å²) in [7, 11) is 1.48. The predicted octanol–water partition coefficient (Wildman–Crippen LogP) is 4.88. The molecule has 1 aliphatic heterocycles. The first-order valence-electron chi connectivity index (χ1n) is 11.5. The number of anilines is 1. The maximum atomic E-state index is 13.2. The lowest BCUT2D eigenvalue weighted by Gasteiger charge is -2.26. The monoisotopic (exact) mass is 578 g/mol. The molecular formula is C28H23BrN2O7. The highest BCUT2D eigenvalue weighted by molar-refractivity contribution is 9.10. The first-order valence-corrected chi connectivity index (χ1v) is 12.3. The lowest BCUT2D eigenvalue weighted by molar-refractivity contribution is -0.122. The highest BCUT2D eigenvalue weighted by Crippen LogP contribution is 2.31. The fourth-order valence-corrected chi connectivity index (χ4v) is 4.08. The quantitative estimate of drug-likeness (QED) is 0.230. The number of benzene rings is 3. The van der Waals surface area contributed by atoms with Crippen molar-refractivity contribution in [2.24, 2.45) is 0 Å². The largest absolute Gasteiger partial charge is 0.493 e. The minimum absolute atomic E-state index is 0.187. The van der Waals surface area contributed by atoms with Crippen LogP contribution in [0.5, 0.6) is 11.5 Å². The summed E-state index contributed by atoms with van der Waals surface area (Å²) < 4.78 is 17.2. The topological polar surface area (TPSA) is 111 Å². The van der Waals surface area contributed by atoms with Crippen molar-refractivity contribution < 1.29 is 33.4 Å². The average molecular weight is 579 g/mol. The number of hydrogen-bond acceptors (Lipinski definition) is 7. The van der Waals surface area contributed by atoms with E-state index in [1.54, 1.807) is 25.1 Å². The predicted molar refractivity (Wildman–Crippen MR) is 143 cm³/mol. The lowest BCUT2D eigenvalue weighted by Crippen LogP contribution is -2.54. The molecule has 0 aliphatic carbocycles. The number of barbiturate groups is 1. The van der Waals surface area contributed by atoms with Crippen LogP contribution in [0.2, 0.25) is 0 Å². The summed E-state index contributed by atoms with van der Waals surface area (Å²) in [5.41, 5.74) is 1.64. The Morgan fingerprint density at radius 2 is 1.74 bits per heavy atom. The Kier molecular flexibility index (Phi) is 8.22. The number of imide groups is 2. The van der Waals surface area contributed by atoms with Gasteiger partial charge in [0, 0.05) is 10.0 Å². The molecular weight excluding hydrogens is 556 g/mol. The molecule has 1 aliphatic rings. The minimum Gasteiger partial charge on any atom is -0.493 e. The van der Waals surface area contributed by atoms with Gasteiger partial charge in [0.05, 0.1) is 25.0 Å². The number of amides is 4. The van der Waals surface area contributed by atoms with Crippen molar-refractivity contribution in [1.82, 2.24) is 5.32 Å². The van der Waals surface area contributed by atoms with E-state index in [1.165, 1.54) is 37.5 Å². The Balaban J connectivity index is 1.57. The summed E-state index contributed by atoms with van der Waals surface area (Å²) in [6.07, 6.45) is 1.37. The van der Waals surface area contributed by atoms with Gasteiger partial charge in [-0.15, -0.1) is 0 Å². The van der Waals surface area contributed by atoms with E-state index in [-0.39, 0.29) is 23.4 Å². The number of carbonyl (C=O) groups excluding carboxylic acids is 4. The van der Waals surface area contributed by atoms with Gasteiger partial charge >= 0.3 is 12.0 Å². The van der Waals surface area contributed by atoms with Crippen LogP contribution < -0.4 is 19.7 Å². The molecule has 10 heteroatoms. The number of ether oxygens (including phenoxy) is 3. The molecule has 0 aromatic heterocycles. The van der Waals surface area contributed by atoms with Gasteiger partial charge in [-0.05, 0) is 61.0 Å². The van der Waals surface area contributed by atoms with Crippen molar-refractivity contribution in [2.75, 3.05) is 18.6 Å². The number of urea groups is 1. The molecule has 9 nitrogen and oxygen atoms in total. The number of carbonyl (C=O) groups is 4. The summed E-state index contributed by atoms with van der Waals surface area (Å²) in [5, 5.41) is 2.18. The normalized spacial score (nSPS) is 14.3. The van der Waals surface area contributed by atoms with Gasteiger partial charge in [-0.2, -0.15) is 0 Å². The van der Waals surface area contributed by atoms with Crippen molar-refractivity contribution >= 4 is 51.5 Å². The third-order valence-corrected chi connectivity index (χ3v) is 6.35.